The standard InChI is InChI=1S/C15H19NO4/c1-10-4-5-15(14(6-10)11(2)17)19-8-12-7-13(9-18-3)20-16-12/h4-7,11,17H,8-9H2,1-3H3/t11-/m0/s1. The van der Waals surface area contributed by atoms with E-state index in [4.69, 9.17) is 14.0 Å². The van der Waals surface area contributed by atoms with E-state index in [1.807, 2.05) is 25.1 Å². The minimum Gasteiger partial charge on any atom is -0.487 e. The average Bonchev–Trinajstić information content (AvgIpc) is 2.85. The lowest BCUT2D eigenvalue weighted by atomic mass is 10.1. The van der Waals surface area contributed by atoms with Gasteiger partial charge in [0.15, 0.2) is 5.76 Å². The topological polar surface area (TPSA) is 64.7 Å². The molecule has 0 amide bonds. The van der Waals surface area contributed by atoms with Crippen LogP contribution in [0.1, 0.15) is 35.6 Å². The van der Waals surface area contributed by atoms with Gasteiger partial charge in [-0.25, -0.2) is 0 Å². The Kier molecular flexibility index (Phi) is 4.76. The number of nitrogens with zero attached hydrogens (tertiary/aromatic N) is 1. The van der Waals surface area contributed by atoms with Gasteiger partial charge in [-0.3, -0.25) is 0 Å². The number of aromatic nitrogens is 1. The zero-order chi connectivity index (χ0) is 14.5. The molecule has 1 aromatic heterocycles. The van der Waals surface area contributed by atoms with E-state index in [2.05, 4.69) is 5.16 Å². The number of aliphatic hydroxyl groups excluding tert-OH is 1. The largest absolute Gasteiger partial charge is 0.487 e. The summed E-state index contributed by atoms with van der Waals surface area (Å²) in [5, 5.41) is 13.7. The molecule has 0 aliphatic heterocycles. The summed E-state index contributed by atoms with van der Waals surface area (Å²) in [6, 6.07) is 7.51. The van der Waals surface area contributed by atoms with E-state index in [-0.39, 0.29) is 6.61 Å². The molecule has 0 unspecified atom stereocenters. The Morgan fingerprint density at radius 3 is 2.80 bits per heavy atom. The van der Waals surface area contributed by atoms with Gasteiger partial charge in [0.25, 0.3) is 0 Å². The molecule has 1 atom stereocenters. The molecule has 2 aromatic rings. The summed E-state index contributed by atoms with van der Waals surface area (Å²) in [6.07, 6.45) is -0.578. The van der Waals surface area contributed by atoms with Crippen molar-refractivity contribution >= 4 is 0 Å². The molecule has 1 N–H and O–H groups in total. The van der Waals surface area contributed by atoms with E-state index in [1.165, 1.54) is 0 Å². The van der Waals surface area contributed by atoms with E-state index < -0.39 is 6.10 Å². The highest BCUT2D eigenvalue weighted by molar-refractivity contribution is 5.38. The summed E-state index contributed by atoms with van der Waals surface area (Å²) in [7, 11) is 1.60. The van der Waals surface area contributed by atoms with Gasteiger partial charge in [-0.05, 0) is 26.0 Å². The van der Waals surface area contributed by atoms with Crippen molar-refractivity contribution in [1.82, 2.24) is 5.16 Å². The van der Waals surface area contributed by atoms with Gasteiger partial charge in [0.05, 0.1) is 6.10 Å². The Balaban J connectivity index is 2.06. The molecule has 5 nitrogen and oxygen atoms in total. The minimum atomic E-state index is -0.578. The first-order valence-electron chi connectivity index (χ1n) is 6.45. The fourth-order valence-corrected chi connectivity index (χ4v) is 1.91. The van der Waals surface area contributed by atoms with Crippen LogP contribution >= 0.6 is 0 Å². The zero-order valence-electron chi connectivity index (χ0n) is 11.9. The number of methoxy groups -OCH3 is 1. The van der Waals surface area contributed by atoms with Crippen LogP contribution in [0.15, 0.2) is 28.8 Å². The monoisotopic (exact) mass is 277 g/mol. The molecule has 1 heterocycles. The van der Waals surface area contributed by atoms with Crippen LogP contribution in [-0.4, -0.2) is 17.4 Å². The normalized spacial score (nSPS) is 12.4. The Morgan fingerprint density at radius 2 is 2.10 bits per heavy atom. The van der Waals surface area contributed by atoms with Crippen molar-refractivity contribution in [2.75, 3.05) is 7.11 Å². The number of ether oxygens (including phenoxy) is 2. The lowest BCUT2D eigenvalue weighted by Crippen LogP contribution is -2.01. The van der Waals surface area contributed by atoms with Gasteiger partial charge in [-0.1, -0.05) is 16.8 Å². The van der Waals surface area contributed by atoms with Gasteiger partial charge < -0.3 is 19.1 Å². The second-order valence-electron chi connectivity index (χ2n) is 4.72. The number of benzene rings is 1. The third-order valence-electron chi connectivity index (χ3n) is 2.89. The van der Waals surface area contributed by atoms with Crippen LogP contribution < -0.4 is 4.74 Å². The highest BCUT2D eigenvalue weighted by Gasteiger charge is 2.11. The minimum absolute atomic E-state index is 0.288. The predicted octanol–water partition coefficient (Wildman–Crippen LogP) is 2.76. The Bertz CT molecular complexity index is 563. The lowest BCUT2D eigenvalue weighted by Gasteiger charge is -2.13. The van der Waals surface area contributed by atoms with Crippen molar-refractivity contribution in [2.45, 2.75) is 33.2 Å². The van der Waals surface area contributed by atoms with Crippen molar-refractivity contribution in [1.29, 1.82) is 0 Å². The molecule has 0 saturated heterocycles. The van der Waals surface area contributed by atoms with Crippen LogP contribution in [0.5, 0.6) is 5.75 Å². The van der Waals surface area contributed by atoms with Gasteiger partial charge >= 0.3 is 0 Å². The number of rotatable bonds is 6. The molecule has 20 heavy (non-hydrogen) atoms. The van der Waals surface area contributed by atoms with E-state index in [1.54, 1.807) is 20.1 Å². The maximum atomic E-state index is 9.77. The van der Waals surface area contributed by atoms with Crippen molar-refractivity contribution in [3.05, 3.63) is 46.8 Å². The van der Waals surface area contributed by atoms with Crippen LogP contribution in [0.3, 0.4) is 0 Å². The first-order chi connectivity index (χ1) is 9.60. The van der Waals surface area contributed by atoms with Crippen LogP contribution in [-0.2, 0) is 18.0 Å². The molecule has 1 aromatic carbocycles. The number of aliphatic hydroxyl groups is 1. The third-order valence-corrected chi connectivity index (χ3v) is 2.89. The molecule has 5 heteroatoms. The molecular formula is C15H19NO4. The first kappa shape index (κ1) is 14.6. The number of hydrogen-bond acceptors (Lipinski definition) is 5. The summed E-state index contributed by atoms with van der Waals surface area (Å²) in [6.45, 7) is 4.37. The molecule has 0 radical (unpaired) electrons. The van der Waals surface area contributed by atoms with Gasteiger partial charge in [0.1, 0.15) is 24.7 Å². The van der Waals surface area contributed by atoms with Crippen LogP contribution in [0.25, 0.3) is 0 Å². The zero-order valence-corrected chi connectivity index (χ0v) is 11.9. The quantitative estimate of drug-likeness (QED) is 0.879. The van der Waals surface area contributed by atoms with Crippen molar-refractivity contribution in [3.63, 3.8) is 0 Å². The highest BCUT2D eigenvalue weighted by atomic mass is 16.5. The molecular weight excluding hydrogens is 258 g/mol. The van der Waals surface area contributed by atoms with Crippen LogP contribution in [0.4, 0.5) is 0 Å². The fraction of sp³-hybridized carbons (Fsp3) is 0.400. The van der Waals surface area contributed by atoms with Gasteiger partial charge in [-0.15, -0.1) is 0 Å². The van der Waals surface area contributed by atoms with Gasteiger partial charge in [-0.2, -0.15) is 0 Å². The molecule has 108 valence electrons. The SMILES string of the molecule is COCc1cc(COc2ccc(C)cc2[C@H](C)O)no1. The van der Waals surface area contributed by atoms with Crippen molar-refractivity contribution < 1.29 is 19.1 Å². The molecule has 0 saturated carbocycles. The smallest absolute Gasteiger partial charge is 0.162 e. The van der Waals surface area contributed by atoms with E-state index in [0.717, 1.165) is 11.1 Å². The maximum Gasteiger partial charge on any atom is 0.162 e. The molecule has 0 aliphatic carbocycles. The first-order valence-corrected chi connectivity index (χ1v) is 6.45. The second kappa shape index (κ2) is 6.54. The summed E-state index contributed by atoms with van der Waals surface area (Å²) in [5.74, 6) is 1.31. The molecule has 0 aliphatic rings. The van der Waals surface area contributed by atoms with Gasteiger partial charge in [0.2, 0.25) is 0 Å². The lowest BCUT2D eigenvalue weighted by molar-refractivity contribution is 0.155. The number of hydrogen-bond donors (Lipinski definition) is 1. The second-order valence-corrected chi connectivity index (χ2v) is 4.72. The van der Waals surface area contributed by atoms with Crippen molar-refractivity contribution in [3.8, 4) is 5.75 Å². The Labute approximate surface area is 118 Å². The summed E-state index contributed by atoms with van der Waals surface area (Å²) >= 11 is 0. The summed E-state index contributed by atoms with van der Waals surface area (Å²) in [5.41, 5.74) is 2.54. The van der Waals surface area contributed by atoms with Crippen molar-refractivity contribution in [2.24, 2.45) is 0 Å². The summed E-state index contributed by atoms with van der Waals surface area (Å²) in [4.78, 5) is 0. The average molecular weight is 277 g/mol. The van der Waals surface area contributed by atoms with E-state index >= 15 is 0 Å². The van der Waals surface area contributed by atoms with E-state index in [0.29, 0.717) is 23.8 Å². The fourth-order valence-electron chi connectivity index (χ4n) is 1.91. The van der Waals surface area contributed by atoms with Crippen LogP contribution in [0.2, 0.25) is 0 Å². The van der Waals surface area contributed by atoms with Crippen LogP contribution in [0, 0.1) is 6.92 Å². The predicted molar refractivity (Wildman–Crippen MR) is 73.4 cm³/mol. The summed E-state index contributed by atoms with van der Waals surface area (Å²) < 4.78 is 15.8. The van der Waals surface area contributed by atoms with E-state index in [9.17, 15) is 5.11 Å². The Morgan fingerprint density at radius 1 is 1.30 bits per heavy atom. The maximum absolute atomic E-state index is 9.77. The highest BCUT2D eigenvalue weighted by Crippen LogP contribution is 2.26. The molecule has 0 bridgehead atoms. The molecule has 0 spiro atoms. The number of aryl methyl sites for hydroxylation is 1. The molecule has 2 rings (SSSR count). The third kappa shape index (κ3) is 3.59. The van der Waals surface area contributed by atoms with Gasteiger partial charge in [0, 0.05) is 18.7 Å². The molecule has 0 fully saturated rings. The Hall–Kier alpha value is -1.85.